The van der Waals surface area contributed by atoms with Crippen LogP contribution in [0.25, 0.3) is 0 Å². The molecule has 0 aliphatic heterocycles. The molecule has 1 aliphatic rings. The fraction of sp³-hybridized carbons (Fsp3) is 0.600. The monoisotopic (exact) mass is 343 g/mol. The van der Waals surface area contributed by atoms with Gasteiger partial charge in [-0.3, -0.25) is 0 Å². The average Bonchev–Trinajstić information content (AvgIpc) is 2.91. The largest absolute Gasteiger partial charge is 0.316 e. The summed E-state index contributed by atoms with van der Waals surface area (Å²) < 4.78 is 1.32. The molecule has 1 aliphatic carbocycles. The first kappa shape index (κ1) is 13.3. The molecule has 1 N–H and O–H groups in total. The minimum absolute atomic E-state index is 0.425. The molecule has 0 amide bonds. The quantitative estimate of drug-likeness (QED) is 0.802. The number of halogens is 1. The van der Waals surface area contributed by atoms with Crippen LogP contribution in [0.2, 0.25) is 0 Å². The molecule has 1 saturated carbocycles. The highest BCUT2D eigenvalue weighted by atomic mass is 127. The number of benzene rings is 1. The summed E-state index contributed by atoms with van der Waals surface area (Å²) in [6, 6.07) is 9.03. The van der Waals surface area contributed by atoms with Gasteiger partial charge in [-0.2, -0.15) is 0 Å². The fourth-order valence-corrected chi connectivity index (χ4v) is 2.84. The summed E-state index contributed by atoms with van der Waals surface area (Å²) >= 11 is 2.37. The van der Waals surface area contributed by atoms with Gasteiger partial charge in [0.1, 0.15) is 0 Å². The van der Waals surface area contributed by atoms with Crippen LogP contribution >= 0.6 is 22.6 Å². The van der Waals surface area contributed by atoms with E-state index >= 15 is 0 Å². The van der Waals surface area contributed by atoms with Crippen molar-refractivity contribution in [2.45, 2.75) is 32.6 Å². The molecule has 1 aromatic rings. The maximum absolute atomic E-state index is 3.58. The van der Waals surface area contributed by atoms with Gasteiger partial charge in [-0.05, 0) is 77.0 Å². The standard InChI is InChI=1S/C15H22IN/c1-11(2)9-17-10-13-8-15(13,3)12-4-6-14(16)7-5-12/h4-7,11,13,17H,8-10H2,1-3H3. The first-order valence-electron chi connectivity index (χ1n) is 6.49. The molecule has 1 nitrogen and oxygen atoms in total. The Labute approximate surface area is 119 Å². The summed E-state index contributed by atoms with van der Waals surface area (Å²) in [7, 11) is 0. The Morgan fingerprint density at radius 1 is 1.35 bits per heavy atom. The maximum Gasteiger partial charge on any atom is 0.0130 e. The third kappa shape index (κ3) is 3.22. The zero-order valence-corrected chi connectivity index (χ0v) is 13.1. The Morgan fingerprint density at radius 2 is 2.00 bits per heavy atom. The van der Waals surface area contributed by atoms with Gasteiger partial charge in [0.15, 0.2) is 0 Å². The number of nitrogens with one attached hydrogen (secondary N) is 1. The third-order valence-corrected chi connectivity index (χ3v) is 4.58. The molecule has 1 aromatic carbocycles. The van der Waals surface area contributed by atoms with E-state index in [4.69, 9.17) is 0 Å². The van der Waals surface area contributed by atoms with E-state index in [1.54, 1.807) is 0 Å². The normalized spacial score (nSPS) is 27.5. The van der Waals surface area contributed by atoms with Gasteiger partial charge in [-0.25, -0.2) is 0 Å². The second kappa shape index (κ2) is 5.27. The van der Waals surface area contributed by atoms with Crippen LogP contribution < -0.4 is 5.32 Å². The van der Waals surface area contributed by atoms with Gasteiger partial charge in [0.2, 0.25) is 0 Å². The topological polar surface area (TPSA) is 12.0 Å². The molecule has 2 atom stereocenters. The molecule has 0 bridgehead atoms. The number of hydrogen-bond acceptors (Lipinski definition) is 1. The van der Waals surface area contributed by atoms with Crippen molar-refractivity contribution >= 4 is 22.6 Å². The van der Waals surface area contributed by atoms with E-state index in [2.05, 4.69) is 72.9 Å². The van der Waals surface area contributed by atoms with Crippen LogP contribution in [0.3, 0.4) is 0 Å². The Hall–Kier alpha value is -0.0900. The van der Waals surface area contributed by atoms with Crippen molar-refractivity contribution in [2.24, 2.45) is 11.8 Å². The second-order valence-corrected chi connectivity index (χ2v) is 7.12. The summed E-state index contributed by atoms with van der Waals surface area (Å²) in [5.41, 5.74) is 1.93. The summed E-state index contributed by atoms with van der Waals surface area (Å²) in [5, 5.41) is 3.58. The van der Waals surface area contributed by atoms with E-state index in [9.17, 15) is 0 Å². The van der Waals surface area contributed by atoms with Crippen molar-refractivity contribution < 1.29 is 0 Å². The zero-order chi connectivity index (χ0) is 12.5. The molecular weight excluding hydrogens is 321 g/mol. The minimum atomic E-state index is 0.425. The lowest BCUT2D eigenvalue weighted by Gasteiger charge is -2.13. The zero-order valence-electron chi connectivity index (χ0n) is 11.0. The SMILES string of the molecule is CC(C)CNCC1CC1(C)c1ccc(I)cc1. The lowest BCUT2D eigenvalue weighted by Crippen LogP contribution is -2.24. The van der Waals surface area contributed by atoms with Crippen molar-refractivity contribution in [3.8, 4) is 0 Å². The first-order valence-corrected chi connectivity index (χ1v) is 7.57. The van der Waals surface area contributed by atoms with E-state index in [0.717, 1.165) is 18.4 Å². The summed E-state index contributed by atoms with van der Waals surface area (Å²) in [5.74, 6) is 1.57. The van der Waals surface area contributed by atoms with E-state index < -0.39 is 0 Å². The van der Waals surface area contributed by atoms with Crippen molar-refractivity contribution in [1.29, 1.82) is 0 Å². The van der Waals surface area contributed by atoms with Crippen molar-refractivity contribution in [1.82, 2.24) is 5.32 Å². The highest BCUT2D eigenvalue weighted by Crippen LogP contribution is 2.53. The van der Waals surface area contributed by atoms with Gasteiger partial charge in [0.25, 0.3) is 0 Å². The first-order chi connectivity index (χ1) is 8.02. The highest BCUT2D eigenvalue weighted by Gasteiger charge is 2.50. The molecular formula is C15H22IN. The molecule has 0 radical (unpaired) electrons. The van der Waals surface area contributed by atoms with Gasteiger partial charge in [-0.1, -0.05) is 32.9 Å². The number of rotatable bonds is 5. The second-order valence-electron chi connectivity index (χ2n) is 5.88. The van der Waals surface area contributed by atoms with Gasteiger partial charge < -0.3 is 5.32 Å². The third-order valence-electron chi connectivity index (χ3n) is 3.86. The van der Waals surface area contributed by atoms with Crippen LogP contribution in [0.15, 0.2) is 24.3 Å². The summed E-state index contributed by atoms with van der Waals surface area (Å²) in [6.45, 7) is 9.23. The maximum atomic E-state index is 3.58. The van der Waals surface area contributed by atoms with Crippen molar-refractivity contribution in [2.75, 3.05) is 13.1 Å². The Morgan fingerprint density at radius 3 is 2.59 bits per heavy atom. The molecule has 1 fully saturated rings. The van der Waals surface area contributed by atoms with Gasteiger partial charge in [0, 0.05) is 3.57 Å². The van der Waals surface area contributed by atoms with Crippen LogP contribution in [0.1, 0.15) is 32.8 Å². The molecule has 0 heterocycles. The van der Waals surface area contributed by atoms with E-state index in [1.807, 2.05) is 0 Å². The molecule has 17 heavy (non-hydrogen) atoms. The van der Waals surface area contributed by atoms with Crippen molar-refractivity contribution in [3.63, 3.8) is 0 Å². The van der Waals surface area contributed by atoms with Gasteiger partial charge in [0.05, 0.1) is 0 Å². The van der Waals surface area contributed by atoms with Crippen LogP contribution in [0.5, 0.6) is 0 Å². The molecule has 94 valence electrons. The summed E-state index contributed by atoms with van der Waals surface area (Å²) in [4.78, 5) is 0. The molecule has 2 rings (SSSR count). The molecule has 0 saturated heterocycles. The molecule has 0 spiro atoms. The lowest BCUT2D eigenvalue weighted by atomic mass is 9.95. The summed E-state index contributed by atoms with van der Waals surface area (Å²) in [6.07, 6.45) is 1.33. The Bertz CT molecular complexity index is 371. The highest BCUT2D eigenvalue weighted by molar-refractivity contribution is 14.1. The Kier molecular flexibility index (Phi) is 4.14. The predicted octanol–water partition coefficient (Wildman–Crippen LogP) is 3.81. The minimum Gasteiger partial charge on any atom is -0.316 e. The van der Waals surface area contributed by atoms with Crippen LogP contribution in [-0.4, -0.2) is 13.1 Å². The van der Waals surface area contributed by atoms with E-state index in [1.165, 1.54) is 22.1 Å². The van der Waals surface area contributed by atoms with Gasteiger partial charge in [-0.15, -0.1) is 0 Å². The lowest BCUT2D eigenvalue weighted by molar-refractivity contribution is 0.515. The van der Waals surface area contributed by atoms with Gasteiger partial charge >= 0.3 is 0 Å². The van der Waals surface area contributed by atoms with Crippen LogP contribution in [-0.2, 0) is 5.41 Å². The number of hydrogen-bond donors (Lipinski definition) is 1. The van der Waals surface area contributed by atoms with Crippen LogP contribution in [0, 0.1) is 15.4 Å². The smallest absolute Gasteiger partial charge is 0.0130 e. The average molecular weight is 343 g/mol. The molecule has 2 heteroatoms. The van der Waals surface area contributed by atoms with Crippen LogP contribution in [0.4, 0.5) is 0 Å². The van der Waals surface area contributed by atoms with E-state index in [0.29, 0.717) is 5.41 Å². The van der Waals surface area contributed by atoms with E-state index in [-0.39, 0.29) is 0 Å². The molecule has 0 aromatic heterocycles. The Balaban J connectivity index is 1.88. The van der Waals surface area contributed by atoms with Crippen molar-refractivity contribution in [3.05, 3.63) is 33.4 Å². The molecule has 2 unspecified atom stereocenters. The predicted molar refractivity (Wildman–Crippen MR) is 82.3 cm³/mol. The fourth-order valence-electron chi connectivity index (χ4n) is 2.48.